The van der Waals surface area contributed by atoms with Gasteiger partial charge in [-0.2, -0.15) is 0 Å². The van der Waals surface area contributed by atoms with Crippen LogP contribution >= 0.6 is 0 Å². The number of rotatable bonds is 4. The van der Waals surface area contributed by atoms with Gasteiger partial charge in [0.2, 0.25) is 0 Å². The maximum Gasteiger partial charge on any atom is 0.0564 e. The van der Waals surface area contributed by atoms with E-state index in [2.05, 4.69) is 28.2 Å². The highest BCUT2D eigenvalue weighted by molar-refractivity contribution is 5.42. The SMILES string of the molecule is CCNc1ccnc(CN2CCCCCC2)c1. The Labute approximate surface area is 104 Å². The predicted molar refractivity (Wildman–Crippen MR) is 72.1 cm³/mol. The number of hydrogen-bond donors (Lipinski definition) is 1. The molecule has 1 fully saturated rings. The summed E-state index contributed by atoms with van der Waals surface area (Å²) in [6, 6.07) is 4.21. The van der Waals surface area contributed by atoms with E-state index in [0.29, 0.717) is 0 Å². The van der Waals surface area contributed by atoms with E-state index in [1.54, 1.807) is 0 Å². The Balaban J connectivity index is 1.94. The molecule has 1 aromatic heterocycles. The molecule has 0 spiro atoms. The Bertz CT molecular complexity index is 330. The predicted octanol–water partition coefficient (Wildman–Crippen LogP) is 2.89. The quantitative estimate of drug-likeness (QED) is 0.866. The van der Waals surface area contributed by atoms with E-state index < -0.39 is 0 Å². The van der Waals surface area contributed by atoms with Crippen LogP contribution in [0.25, 0.3) is 0 Å². The van der Waals surface area contributed by atoms with Gasteiger partial charge >= 0.3 is 0 Å². The highest BCUT2D eigenvalue weighted by Crippen LogP contribution is 2.14. The monoisotopic (exact) mass is 233 g/mol. The second-order valence-electron chi connectivity index (χ2n) is 4.76. The summed E-state index contributed by atoms with van der Waals surface area (Å²) in [6.45, 7) is 6.54. The minimum atomic E-state index is 0.965. The van der Waals surface area contributed by atoms with E-state index >= 15 is 0 Å². The smallest absolute Gasteiger partial charge is 0.0564 e. The molecule has 17 heavy (non-hydrogen) atoms. The Morgan fingerprint density at radius 1 is 1.24 bits per heavy atom. The molecule has 2 heterocycles. The molecule has 94 valence electrons. The second-order valence-corrected chi connectivity index (χ2v) is 4.76. The van der Waals surface area contributed by atoms with E-state index in [-0.39, 0.29) is 0 Å². The first-order valence-corrected chi connectivity index (χ1v) is 6.79. The molecule has 1 N–H and O–H groups in total. The van der Waals surface area contributed by atoms with Gasteiger partial charge in [0.05, 0.1) is 5.69 Å². The Kier molecular flexibility index (Phi) is 4.80. The van der Waals surface area contributed by atoms with Crippen LogP contribution < -0.4 is 5.32 Å². The zero-order valence-corrected chi connectivity index (χ0v) is 10.8. The molecule has 1 aliphatic rings. The third-order valence-electron chi connectivity index (χ3n) is 3.28. The lowest BCUT2D eigenvalue weighted by Gasteiger charge is -2.19. The number of likely N-dealkylation sites (tertiary alicyclic amines) is 1. The van der Waals surface area contributed by atoms with Crippen LogP contribution in [0, 0.1) is 0 Å². The van der Waals surface area contributed by atoms with Crippen molar-refractivity contribution in [2.24, 2.45) is 0 Å². The van der Waals surface area contributed by atoms with Crippen molar-refractivity contribution in [1.29, 1.82) is 0 Å². The fraction of sp³-hybridized carbons (Fsp3) is 0.643. The van der Waals surface area contributed by atoms with Crippen molar-refractivity contribution in [3.63, 3.8) is 0 Å². The molecule has 3 heteroatoms. The van der Waals surface area contributed by atoms with Crippen LogP contribution in [0.1, 0.15) is 38.3 Å². The van der Waals surface area contributed by atoms with Crippen LogP contribution in [0.4, 0.5) is 5.69 Å². The van der Waals surface area contributed by atoms with Crippen molar-refractivity contribution in [1.82, 2.24) is 9.88 Å². The number of aromatic nitrogens is 1. The molecule has 2 rings (SSSR count). The van der Waals surface area contributed by atoms with Crippen LogP contribution in [0.5, 0.6) is 0 Å². The van der Waals surface area contributed by atoms with E-state index in [9.17, 15) is 0 Å². The topological polar surface area (TPSA) is 28.2 Å². The van der Waals surface area contributed by atoms with Crippen LogP contribution in [-0.2, 0) is 6.54 Å². The summed E-state index contributed by atoms with van der Waals surface area (Å²) in [5.74, 6) is 0. The number of nitrogens with zero attached hydrogens (tertiary/aromatic N) is 2. The first kappa shape index (κ1) is 12.4. The standard InChI is InChI=1S/C14H23N3/c1-2-15-13-7-8-16-14(11-13)12-17-9-5-3-4-6-10-17/h7-8,11H,2-6,9-10,12H2,1H3,(H,15,16). The van der Waals surface area contributed by atoms with Gasteiger partial charge in [0, 0.05) is 25.0 Å². The van der Waals surface area contributed by atoms with Crippen LogP contribution in [-0.4, -0.2) is 29.5 Å². The average Bonchev–Trinajstić information content (AvgIpc) is 2.59. The van der Waals surface area contributed by atoms with Gasteiger partial charge in [-0.05, 0) is 45.0 Å². The van der Waals surface area contributed by atoms with Gasteiger partial charge in [-0.1, -0.05) is 12.8 Å². The van der Waals surface area contributed by atoms with Crippen molar-refractivity contribution < 1.29 is 0 Å². The summed E-state index contributed by atoms with van der Waals surface area (Å²) in [6.07, 6.45) is 7.37. The van der Waals surface area contributed by atoms with Gasteiger partial charge in [-0.15, -0.1) is 0 Å². The fourth-order valence-electron chi connectivity index (χ4n) is 2.40. The number of hydrogen-bond acceptors (Lipinski definition) is 3. The second kappa shape index (κ2) is 6.60. The number of pyridine rings is 1. The van der Waals surface area contributed by atoms with Gasteiger partial charge in [-0.25, -0.2) is 0 Å². The van der Waals surface area contributed by atoms with E-state index in [4.69, 9.17) is 0 Å². The zero-order chi connectivity index (χ0) is 11.9. The van der Waals surface area contributed by atoms with Gasteiger partial charge in [0.25, 0.3) is 0 Å². The molecule has 0 atom stereocenters. The molecule has 0 amide bonds. The minimum Gasteiger partial charge on any atom is -0.385 e. The summed E-state index contributed by atoms with van der Waals surface area (Å²) in [7, 11) is 0. The third-order valence-corrected chi connectivity index (χ3v) is 3.28. The Hall–Kier alpha value is -1.09. The summed E-state index contributed by atoms with van der Waals surface area (Å²) in [5.41, 5.74) is 2.37. The van der Waals surface area contributed by atoms with Gasteiger partial charge in [0.15, 0.2) is 0 Å². The van der Waals surface area contributed by atoms with Gasteiger partial charge in [-0.3, -0.25) is 9.88 Å². The normalized spacial score (nSPS) is 17.7. The summed E-state index contributed by atoms with van der Waals surface area (Å²) in [5, 5.41) is 3.34. The van der Waals surface area contributed by atoms with Crippen molar-refractivity contribution in [3.05, 3.63) is 24.0 Å². The van der Waals surface area contributed by atoms with Crippen LogP contribution in [0.2, 0.25) is 0 Å². The first-order valence-electron chi connectivity index (χ1n) is 6.79. The Morgan fingerprint density at radius 2 is 2.00 bits per heavy atom. The van der Waals surface area contributed by atoms with Crippen molar-refractivity contribution in [2.45, 2.75) is 39.2 Å². The van der Waals surface area contributed by atoms with E-state index in [1.807, 2.05) is 12.3 Å². The van der Waals surface area contributed by atoms with Crippen molar-refractivity contribution in [3.8, 4) is 0 Å². The van der Waals surface area contributed by atoms with E-state index in [0.717, 1.165) is 13.1 Å². The maximum atomic E-state index is 4.46. The van der Waals surface area contributed by atoms with Crippen molar-refractivity contribution in [2.75, 3.05) is 25.0 Å². The largest absolute Gasteiger partial charge is 0.385 e. The molecule has 1 saturated heterocycles. The van der Waals surface area contributed by atoms with Gasteiger partial charge in [0.1, 0.15) is 0 Å². The Morgan fingerprint density at radius 3 is 2.71 bits per heavy atom. The third kappa shape index (κ3) is 4.00. The highest BCUT2D eigenvalue weighted by atomic mass is 15.1. The molecule has 0 saturated carbocycles. The molecule has 0 aromatic carbocycles. The molecule has 0 aliphatic carbocycles. The molecule has 1 aromatic rings. The minimum absolute atomic E-state index is 0.965. The van der Waals surface area contributed by atoms with Crippen LogP contribution in [0.15, 0.2) is 18.3 Å². The summed E-state index contributed by atoms with van der Waals surface area (Å²) < 4.78 is 0. The molecule has 0 bridgehead atoms. The molecule has 3 nitrogen and oxygen atoms in total. The summed E-state index contributed by atoms with van der Waals surface area (Å²) >= 11 is 0. The lowest BCUT2D eigenvalue weighted by Crippen LogP contribution is -2.24. The maximum absolute atomic E-state index is 4.46. The fourth-order valence-corrected chi connectivity index (χ4v) is 2.40. The van der Waals surface area contributed by atoms with E-state index in [1.165, 1.54) is 50.2 Å². The molecular weight excluding hydrogens is 210 g/mol. The lowest BCUT2D eigenvalue weighted by molar-refractivity contribution is 0.274. The van der Waals surface area contributed by atoms with Crippen molar-refractivity contribution >= 4 is 5.69 Å². The number of anilines is 1. The van der Waals surface area contributed by atoms with Crippen LogP contribution in [0.3, 0.4) is 0 Å². The average molecular weight is 233 g/mol. The first-order chi connectivity index (χ1) is 8.38. The lowest BCUT2D eigenvalue weighted by atomic mass is 10.2. The molecular formula is C14H23N3. The molecule has 1 aliphatic heterocycles. The van der Waals surface area contributed by atoms with Gasteiger partial charge < -0.3 is 5.32 Å². The molecule has 0 unspecified atom stereocenters. The summed E-state index contributed by atoms with van der Waals surface area (Å²) in [4.78, 5) is 7.00. The number of nitrogens with one attached hydrogen (secondary N) is 1. The highest BCUT2D eigenvalue weighted by Gasteiger charge is 2.10. The molecule has 0 radical (unpaired) electrons. The zero-order valence-electron chi connectivity index (χ0n) is 10.8.